The van der Waals surface area contributed by atoms with Gasteiger partial charge in [-0.05, 0) is 42.7 Å². The van der Waals surface area contributed by atoms with E-state index in [9.17, 15) is 0 Å². The van der Waals surface area contributed by atoms with Gasteiger partial charge in [0.25, 0.3) is 0 Å². The van der Waals surface area contributed by atoms with Crippen LogP contribution in [0.1, 0.15) is 54.8 Å². The van der Waals surface area contributed by atoms with Crippen molar-refractivity contribution < 1.29 is 9.47 Å². The fourth-order valence-electron chi connectivity index (χ4n) is 4.32. The van der Waals surface area contributed by atoms with Crippen LogP contribution in [0, 0.1) is 0 Å². The molecule has 0 saturated heterocycles. The summed E-state index contributed by atoms with van der Waals surface area (Å²) in [6.45, 7) is 4.79. The first kappa shape index (κ1) is 18.7. The molecule has 0 unspecified atom stereocenters. The van der Waals surface area contributed by atoms with Crippen molar-refractivity contribution in [2.45, 2.75) is 39.0 Å². The maximum absolute atomic E-state index is 6.48. The quantitative estimate of drug-likeness (QED) is 0.537. The Labute approximate surface area is 177 Å². The Kier molecular flexibility index (Phi) is 4.91. The molecular formula is C26H26N2O2. The lowest BCUT2D eigenvalue weighted by Gasteiger charge is -2.38. The lowest BCUT2D eigenvalue weighted by Crippen LogP contribution is -2.34. The van der Waals surface area contributed by atoms with E-state index < -0.39 is 0 Å². The van der Waals surface area contributed by atoms with Crippen LogP contribution in [-0.2, 0) is 6.42 Å². The minimum Gasteiger partial charge on any atom is -0.493 e. The zero-order chi connectivity index (χ0) is 20.5. The summed E-state index contributed by atoms with van der Waals surface area (Å²) >= 11 is 0. The Hall–Kier alpha value is -3.27. The van der Waals surface area contributed by atoms with Crippen LogP contribution in [0.25, 0.3) is 0 Å². The highest BCUT2D eigenvalue weighted by Crippen LogP contribution is 2.48. The summed E-state index contributed by atoms with van der Waals surface area (Å²) in [5, 5.41) is 7.18. The van der Waals surface area contributed by atoms with Crippen molar-refractivity contribution in [3.8, 4) is 11.5 Å². The van der Waals surface area contributed by atoms with Crippen LogP contribution in [0.5, 0.6) is 11.5 Å². The van der Waals surface area contributed by atoms with Gasteiger partial charge in [-0.25, -0.2) is 5.01 Å². The molecule has 0 aromatic heterocycles. The van der Waals surface area contributed by atoms with Gasteiger partial charge in [0.1, 0.15) is 11.5 Å². The first-order chi connectivity index (χ1) is 14.8. The summed E-state index contributed by atoms with van der Waals surface area (Å²) in [5.74, 6) is 1.77. The first-order valence-corrected chi connectivity index (χ1v) is 10.7. The highest BCUT2D eigenvalue weighted by atomic mass is 16.5. The summed E-state index contributed by atoms with van der Waals surface area (Å²) in [6.07, 6.45) is 1.58. The molecule has 2 heterocycles. The molecule has 0 radical (unpaired) electrons. The second-order valence-electron chi connectivity index (χ2n) is 7.68. The number of hydrogen-bond acceptors (Lipinski definition) is 4. The molecule has 3 aromatic rings. The van der Waals surface area contributed by atoms with E-state index >= 15 is 0 Å². The topological polar surface area (TPSA) is 34.1 Å². The number of benzene rings is 3. The molecule has 0 fully saturated rings. The number of rotatable bonds is 5. The van der Waals surface area contributed by atoms with Crippen LogP contribution >= 0.6 is 0 Å². The third kappa shape index (κ3) is 3.22. The number of fused-ring (bicyclic) bond motifs is 3. The fraction of sp³-hybridized carbons (Fsp3) is 0.269. The molecule has 5 rings (SSSR count). The molecule has 4 nitrogen and oxygen atoms in total. The van der Waals surface area contributed by atoms with Crippen LogP contribution in [-0.4, -0.2) is 17.3 Å². The summed E-state index contributed by atoms with van der Waals surface area (Å²) in [7, 11) is 0. The molecule has 2 atom stereocenters. The van der Waals surface area contributed by atoms with Gasteiger partial charge in [0.05, 0.1) is 23.9 Å². The summed E-state index contributed by atoms with van der Waals surface area (Å²) in [6, 6.07) is 25.3. The lowest BCUT2D eigenvalue weighted by atomic mass is 9.95. The molecule has 4 heteroatoms. The standard InChI is InChI=1S/C26H26N2O2/c1-3-18-13-15-19(16-14-18)22-17-23-20-9-5-8-12-25(20)30-26(28(23)27-22)21-10-6-7-11-24(21)29-4-2/h5-16,23,26H,3-4,17H2,1-2H3/t23-,26+/m0/s1. The van der Waals surface area contributed by atoms with E-state index in [1.54, 1.807) is 0 Å². The van der Waals surface area contributed by atoms with E-state index in [4.69, 9.17) is 14.6 Å². The molecule has 152 valence electrons. The zero-order valence-corrected chi connectivity index (χ0v) is 17.4. The average Bonchev–Trinajstić information content (AvgIpc) is 3.25. The Morgan fingerprint density at radius 3 is 2.43 bits per heavy atom. The summed E-state index contributed by atoms with van der Waals surface area (Å²) in [4.78, 5) is 0. The van der Waals surface area contributed by atoms with E-state index in [0.717, 1.165) is 35.6 Å². The third-order valence-electron chi connectivity index (χ3n) is 5.88. The zero-order valence-electron chi connectivity index (χ0n) is 17.4. The van der Waals surface area contributed by atoms with E-state index in [1.807, 2.05) is 31.2 Å². The van der Waals surface area contributed by atoms with Crippen molar-refractivity contribution >= 4 is 5.71 Å². The van der Waals surface area contributed by atoms with E-state index in [1.165, 1.54) is 16.7 Å². The van der Waals surface area contributed by atoms with Crippen molar-refractivity contribution in [1.82, 2.24) is 5.01 Å². The molecular weight excluding hydrogens is 372 g/mol. The SMILES string of the molecule is CCOc1ccccc1[C@H]1Oc2ccccc2[C@@H]2CC(c3ccc(CC)cc3)=NN12. The Bertz CT molecular complexity index is 1070. The van der Waals surface area contributed by atoms with Gasteiger partial charge in [-0.1, -0.05) is 61.5 Å². The average molecular weight is 399 g/mol. The van der Waals surface area contributed by atoms with E-state index in [-0.39, 0.29) is 12.3 Å². The summed E-state index contributed by atoms with van der Waals surface area (Å²) in [5.41, 5.74) is 5.81. The Morgan fingerprint density at radius 1 is 0.933 bits per heavy atom. The number of hydrazone groups is 1. The molecule has 0 bridgehead atoms. The van der Waals surface area contributed by atoms with E-state index in [0.29, 0.717) is 6.61 Å². The van der Waals surface area contributed by atoms with E-state index in [2.05, 4.69) is 60.5 Å². The van der Waals surface area contributed by atoms with Crippen LogP contribution in [0.3, 0.4) is 0 Å². The normalized spacial score (nSPS) is 19.5. The molecule has 30 heavy (non-hydrogen) atoms. The van der Waals surface area contributed by atoms with Crippen LogP contribution in [0.2, 0.25) is 0 Å². The van der Waals surface area contributed by atoms with Crippen molar-refractivity contribution in [3.05, 3.63) is 95.1 Å². The minimum absolute atomic E-state index is 0.149. The van der Waals surface area contributed by atoms with Crippen molar-refractivity contribution in [2.75, 3.05) is 6.61 Å². The van der Waals surface area contributed by atoms with Crippen LogP contribution in [0.15, 0.2) is 77.9 Å². The second-order valence-corrected chi connectivity index (χ2v) is 7.68. The third-order valence-corrected chi connectivity index (χ3v) is 5.88. The fourth-order valence-corrected chi connectivity index (χ4v) is 4.32. The molecule has 3 aromatic carbocycles. The highest BCUT2D eigenvalue weighted by Gasteiger charge is 2.41. The van der Waals surface area contributed by atoms with Crippen molar-refractivity contribution in [1.29, 1.82) is 0 Å². The molecule has 0 amide bonds. The second kappa shape index (κ2) is 7.86. The summed E-state index contributed by atoms with van der Waals surface area (Å²) < 4.78 is 12.4. The molecule has 0 saturated carbocycles. The van der Waals surface area contributed by atoms with Gasteiger partial charge in [-0.15, -0.1) is 0 Å². The Balaban J connectivity index is 1.57. The van der Waals surface area contributed by atoms with Crippen molar-refractivity contribution in [3.63, 3.8) is 0 Å². The highest BCUT2D eigenvalue weighted by molar-refractivity contribution is 6.02. The number of hydrogen-bond donors (Lipinski definition) is 0. The largest absolute Gasteiger partial charge is 0.493 e. The van der Waals surface area contributed by atoms with Gasteiger partial charge in [-0.2, -0.15) is 5.10 Å². The smallest absolute Gasteiger partial charge is 0.217 e. The van der Waals surface area contributed by atoms with Gasteiger partial charge in [0.15, 0.2) is 0 Å². The van der Waals surface area contributed by atoms with Gasteiger partial charge < -0.3 is 9.47 Å². The number of aryl methyl sites for hydroxylation is 1. The molecule has 0 spiro atoms. The number of ether oxygens (including phenoxy) is 2. The van der Waals surface area contributed by atoms with Gasteiger partial charge in [0.2, 0.25) is 6.23 Å². The van der Waals surface area contributed by atoms with Gasteiger partial charge >= 0.3 is 0 Å². The predicted octanol–water partition coefficient (Wildman–Crippen LogP) is 5.89. The lowest BCUT2D eigenvalue weighted by molar-refractivity contribution is -0.0205. The number of para-hydroxylation sites is 2. The van der Waals surface area contributed by atoms with Crippen LogP contribution < -0.4 is 9.47 Å². The Morgan fingerprint density at radius 2 is 1.67 bits per heavy atom. The molecule has 2 aliphatic heterocycles. The van der Waals surface area contributed by atoms with Crippen molar-refractivity contribution in [2.24, 2.45) is 5.10 Å². The molecule has 0 N–H and O–H groups in total. The predicted molar refractivity (Wildman–Crippen MR) is 119 cm³/mol. The van der Waals surface area contributed by atoms with Crippen LogP contribution in [0.4, 0.5) is 0 Å². The monoisotopic (exact) mass is 398 g/mol. The minimum atomic E-state index is -0.319. The maximum atomic E-state index is 6.48. The first-order valence-electron chi connectivity index (χ1n) is 10.7. The van der Waals surface area contributed by atoms with Gasteiger partial charge in [0, 0.05) is 12.0 Å². The molecule has 0 aliphatic carbocycles. The number of nitrogens with zero attached hydrogens (tertiary/aromatic N) is 2. The maximum Gasteiger partial charge on any atom is 0.217 e. The molecule has 2 aliphatic rings. The van der Waals surface area contributed by atoms with Gasteiger partial charge in [-0.3, -0.25) is 0 Å².